The molecule has 0 fully saturated rings. The molecule has 0 aliphatic heterocycles. The van der Waals surface area contributed by atoms with E-state index in [0.717, 1.165) is 18.2 Å². The van der Waals surface area contributed by atoms with Crippen molar-refractivity contribution in [2.75, 3.05) is 19.5 Å². The highest BCUT2D eigenvalue weighted by molar-refractivity contribution is 7.87. The lowest BCUT2D eigenvalue weighted by molar-refractivity contribution is -0.137. The lowest BCUT2D eigenvalue weighted by Gasteiger charge is -2.27. The number of carbonyl (C=O) groups is 1. The highest BCUT2D eigenvalue weighted by atomic mass is 32.2. The second-order valence-electron chi connectivity index (χ2n) is 8.43. The molecule has 0 radical (unpaired) electrons. The first kappa shape index (κ1) is 28.6. The van der Waals surface area contributed by atoms with Gasteiger partial charge < -0.3 is 23.9 Å². The number of nitrogens with zero attached hydrogens (tertiary/aromatic N) is 1. The molecule has 204 valence electrons. The molecule has 3 aromatic rings. The predicted molar refractivity (Wildman–Crippen MR) is 135 cm³/mol. The summed E-state index contributed by atoms with van der Waals surface area (Å²) in [4.78, 5) is 14.0. The number of benzene rings is 3. The SMILES string of the molecule is COc1ccc(NC(=O)N(Cc2cccc(OS(=O)(=O)c3cccc(C(F)(F)F)c3)c2)C(C)C)c(OC)c1. The summed E-state index contributed by atoms with van der Waals surface area (Å²) in [5, 5.41) is 2.79. The third kappa shape index (κ3) is 7.09. The van der Waals surface area contributed by atoms with Gasteiger partial charge in [-0.05, 0) is 61.9 Å². The molecule has 0 aromatic heterocycles. The first-order valence-corrected chi connectivity index (χ1v) is 12.7. The van der Waals surface area contributed by atoms with Gasteiger partial charge in [-0.25, -0.2) is 4.79 Å². The Kier molecular flexibility index (Phi) is 8.77. The van der Waals surface area contributed by atoms with Crippen LogP contribution in [0.3, 0.4) is 0 Å². The molecule has 0 aliphatic carbocycles. The van der Waals surface area contributed by atoms with E-state index in [1.54, 1.807) is 24.3 Å². The molecule has 0 heterocycles. The predicted octanol–water partition coefficient (Wildman–Crippen LogP) is 5.93. The van der Waals surface area contributed by atoms with Crippen LogP contribution in [0.1, 0.15) is 25.0 Å². The third-order valence-corrected chi connectivity index (χ3v) is 6.68. The van der Waals surface area contributed by atoms with Crippen molar-refractivity contribution in [3.63, 3.8) is 0 Å². The topological polar surface area (TPSA) is 94.2 Å². The molecule has 0 spiro atoms. The monoisotopic (exact) mass is 552 g/mol. The van der Waals surface area contributed by atoms with Gasteiger partial charge in [0.25, 0.3) is 0 Å². The average Bonchev–Trinajstić information content (AvgIpc) is 2.86. The van der Waals surface area contributed by atoms with E-state index in [-0.39, 0.29) is 18.3 Å². The Morgan fingerprint density at radius 3 is 2.29 bits per heavy atom. The van der Waals surface area contributed by atoms with Crippen LogP contribution in [0.2, 0.25) is 0 Å². The van der Waals surface area contributed by atoms with E-state index >= 15 is 0 Å². The first-order valence-electron chi connectivity index (χ1n) is 11.3. The number of alkyl halides is 3. The quantitative estimate of drug-likeness (QED) is 0.331. The summed E-state index contributed by atoms with van der Waals surface area (Å²) >= 11 is 0. The second-order valence-corrected chi connectivity index (χ2v) is 9.97. The van der Waals surface area contributed by atoms with Gasteiger partial charge in [0.05, 0.1) is 25.5 Å². The van der Waals surface area contributed by atoms with Gasteiger partial charge in [-0.3, -0.25) is 0 Å². The number of carbonyl (C=O) groups excluding carboxylic acids is 1. The number of rotatable bonds is 9. The van der Waals surface area contributed by atoms with E-state index in [1.165, 1.54) is 37.3 Å². The number of ether oxygens (including phenoxy) is 2. The average molecular weight is 553 g/mol. The molecule has 0 unspecified atom stereocenters. The number of anilines is 1. The standard InChI is InChI=1S/C26H27F3N2O6S/c1-17(2)31(25(32)30-23-12-11-20(35-3)15-24(23)36-4)16-18-7-5-9-21(13-18)37-38(33,34)22-10-6-8-19(14-22)26(27,28)29/h5-15,17H,16H2,1-4H3,(H,30,32). The number of nitrogens with one attached hydrogen (secondary N) is 1. The summed E-state index contributed by atoms with van der Waals surface area (Å²) in [7, 11) is -1.57. The minimum Gasteiger partial charge on any atom is -0.497 e. The minimum atomic E-state index is -4.71. The molecule has 0 saturated heterocycles. The zero-order valence-corrected chi connectivity index (χ0v) is 21.9. The van der Waals surface area contributed by atoms with Crippen molar-refractivity contribution in [3.05, 3.63) is 77.9 Å². The zero-order valence-electron chi connectivity index (χ0n) is 21.1. The van der Waals surface area contributed by atoms with Crippen LogP contribution in [0.15, 0.2) is 71.6 Å². The number of urea groups is 1. The van der Waals surface area contributed by atoms with Gasteiger partial charge in [0.15, 0.2) is 0 Å². The van der Waals surface area contributed by atoms with Crippen LogP contribution in [0.5, 0.6) is 17.2 Å². The number of hydrogen-bond donors (Lipinski definition) is 1. The smallest absolute Gasteiger partial charge is 0.416 e. The van der Waals surface area contributed by atoms with Gasteiger partial charge in [-0.15, -0.1) is 0 Å². The summed E-state index contributed by atoms with van der Waals surface area (Å²) in [6.07, 6.45) is -4.71. The maximum Gasteiger partial charge on any atom is 0.416 e. The van der Waals surface area contributed by atoms with Crippen LogP contribution >= 0.6 is 0 Å². The highest BCUT2D eigenvalue weighted by Gasteiger charge is 2.32. The van der Waals surface area contributed by atoms with Crippen LogP contribution in [0.25, 0.3) is 0 Å². The third-order valence-electron chi connectivity index (χ3n) is 5.44. The Morgan fingerprint density at radius 2 is 1.66 bits per heavy atom. The zero-order chi connectivity index (χ0) is 28.1. The van der Waals surface area contributed by atoms with Gasteiger partial charge >= 0.3 is 22.3 Å². The van der Waals surface area contributed by atoms with Crippen molar-refractivity contribution in [2.45, 2.75) is 37.5 Å². The fourth-order valence-electron chi connectivity index (χ4n) is 3.47. The largest absolute Gasteiger partial charge is 0.497 e. The molecule has 38 heavy (non-hydrogen) atoms. The number of hydrogen-bond acceptors (Lipinski definition) is 6. The summed E-state index contributed by atoms with van der Waals surface area (Å²) in [5.74, 6) is 0.843. The maximum absolute atomic E-state index is 13.1. The Hall–Kier alpha value is -3.93. The van der Waals surface area contributed by atoms with Crippen molar-refractivity contribution in [3.8, 4) is 17.2 Å². The fraction of sp³-hybridized carbons (Fsp3) is 0.269. The van der Waals surface area contributed by atoms with Crippen molar-refractivity contribution in [2.24, 2.45) is 0 Å². The van der Waals surface area contributed by atoms with Gasteiger partial charge in [0.1, 0.15) is 22.1 Å². The summed E-state index contributed by atoms with van der Waals surface area (Å²) in [6.45, 7) is 3.70. The van der Waals surface area contributed by atoms with E-state index in [9.17, 15) is 26.4 Å². The molecule has 0 aliphatic rings. The molecule has 0 bridgehead atoms. The van der Waals surface area contributed by atoms with Crippen molar-refractivity contribution in [1.82, 2.24) is 4.90 Å². The van der Waals surface area contributed by atoms with Crippen LogP contribution in [0.4, 0.5) is 23.7 Å². The number of amides is 2. The minimum absolute atomic E-state index is 0.0861. The lowest BCUT2D eigenvalue weighted by atomic mass is 10.2. The van der Waals surface area contributed by atoms with Crippen LogP contribution in [0, 0.1) is 0 Å². The molecule has 1 N–H and O–H groups in total. The molecule has 0 saturated carbocycles. The molecule has 8 nitrogen and oxygen atoms in total. The van der Waals surface area contributed by atoms with Crippen LogP contribution in [-0.2, 0) is 22.8 Å². The Bertz CT molecular complexity index is 1390. The summed E-state index contributed by atoms with van der Waals surface area (Å²) < 4.78 is 80.0. The van der Waals surface area contributed by atoms with Crippen LogP contribution in [-0.4, -0.2) is 39.6 Å². The van der Waals surface area contributed by atoms with E-state index in [0.29, 0.717) is 28.8 Å². The molecule has 3 aromatic carbocycles. The molecule has 0 atom stereocenters. The first-order chi connectivity index (χ1) is 17.8. The van der Waals surface area contributed by atoms with Gasteiger partial charge in [-0.1, -0.05) is 18.2 Å². The van der Waals surface area contributed by atoms with E-state index in [1.807, 2.05) is 13.8 Å². The highest BCUT2D eigenvalue weighted by Crippen LogP contribution is 2.32. The molecule has 12 heteroatoms. The van der Waals surface area contributed by atoms with Crippen molar-refractivity contribution >= 4 is 21.8 Å². The fourth-order valence-corrected chi connectivity index (χ4v) is 4.44. The second kappa shape index (κ2) is 11.6. The molecule has 3 rings (SSSR count). The van der Waals surface area contributed by atoms with Crippen molar-refractivity contribution < 1.29 is 40.0 Å². The normalized spacial score (nSPS) is 11.7. The van der Waals surface area contributed by atoms with E-state index in [2.05, 4.69) is 5.32 Å². The summed E-state index contributed by atoms with van der Waals surface area (Å²) in [6, 6.07) is 13.5. The van der Waals surface area contributed by atoms with Crippen LogP contribution < -0.4 is 19.0 Å². The number of halogens is 3. The molecular weight excluding hydrogens is 525 g/mol. The lowest BCUT2D eigenvalue weighted by Crippen LogP contribution is -2.39. The Morgan fingerprint density at radius 1 is 0.947 bits per heavy atom. The molecular formula is C26H27F3N2O6S. The summed E-state index contributed by atoms with van der Waals surface area (Å²) in [5.41, 5.74) is -0.150. The van der Waals surface area contributed by atoms with Crippen molar-refractivity contribution in [1.29, 1.82) is 0 Å². The Labute approximate surface area is 219 Å². The molecule has 2 amide bonds. The van der Waals surface area contributed by atoms with E-state index in [4.69, 9.17) is 13.7 Å². The maximum atomic E-state index is 13.1. The van der Waals surface area contributed by atoms with Gasteiger partial charge in [-0.2, -0.15) is 21.6 Å². The Balaban J connectivity index is 1.79. The van der Waals surface area contributed by atoms with Gasteiger partial charge in [0.2, 0.25) is 0 Å². The van der Waals surface area contributed by atoms with Gasteiger partial charge in [0, 0.05) is 18.7 Å². The van der Waals surface area contributed by atoms with E-state index < -0.39 is 32.8 Å². The number of methoxy groups -OCH3 is 2.